The quantitative estimate of drug-likeness (QED) is 0.793. The molecule has 4 nitrogen and oxygen atoms in total. The maximum Gasteiger partial charge on any atom is 0.220 e. The average Bonchev–Trinajstić information content (AvgIpc) is 2.55. The first-order valence-electron chi connectivity index (χ1n) is 8.22. The van der Waals surface area contributed by atoms with Crippen molar-refractivity contribution in [1.82, 2.24) is 10.6 Å². The molecule has 0 bridgehead atoms. The third kappa shape index (κ3) is 4.67. The molecular formula is C18H26N2O2. The van der Waals surface area contributed by atoms with Gasteiger partial charge in [0, 0.05) is 24.4 Å². The lowest BCUT2D eigenvalue weighted by molar-refractivity contribution is -0.122. The fourth-order valence-electron chi connectivity index (χ4n) is 2.81. The number of hydrogen-bond acceptors (Lipinski definition) is 3. The van der Waals surface area contributed by atoms with Crippen molar-refractivity contribution in [3.05, 3.63) is 35.4 Å². The summed E-state index contributed by atoms with van der Waals surface area (Å²) in [6.07, 6.45) is 2.46. The fraction of sp³-hybridized carbons (Fsp3) is 0.556. The number of rotatable bonds is 6. The standard InChI is InChI=1S/C18H26N2O2/c1-3-14-4-6-15(7-5-14)17(21)8-9-18(22)20-16-10-11-19-12-13(16)2/h4-7,13,16,19H,3,8-12H2,1-2H3,(H,20,22). The number of benzene rings is 1. The molecule has 0 saturated carbocycles. The highest BCUT2D eigenvalue weighted by atomic mass is 16.2. The molecule has 1 aromatic carbocycles. The van der Waals surface area contributed by atoms with Crippen LogP contribution in [0.1, 0.15) is 49.0 Å². The molecule has 1 amide bonds. The van der Waals surface area contributed by atoms with E-state index in [4.69, 9.17) is 0 Å². The summed E-state index contributed by atoms with van der Waals surface area (Å²) >= 11 is 0. The zero-order chi connectivity index (χ0) is 15.9. The number of amides is 1. The highest BCUT2D eigenvalue weighted by Gasteiger charge is 2.22. The molecule has 1 heterocycles. The summed E-state index contributed by atoms with van der Waals surface area (Å²) in [6.45, 7) is 6.10. The molecule has 2 rings (SSSR count). The average molecular weight is 302 g/mol. The van der Waals surface area contributed by atoms with E-state index in [1.807, 2.05) is 24.3 Å². The molecule has 1 aliphatic heterocycles. The Bertz CT molecular complexity index is 510. The maximum atomic E-state index is 12.1. The van der Waals surface area contributed by atoms with Crippen molar-refractivity contribution in [3.63, 3.8) is 0 Å². The normalized spacial score (nSPS) is 21.4. The summed E-state index contributed by atoms with van der Waals surface area (Å²) < 4.78 is 0. The van der Waals surface area contributed by atoms with Crippen LogP contribution in [-0.4, -0.2) is 30.8 Å². The molecule has 1 aromatic rings. The lowest BCUT2D eigenvalue weighted by Gasteiger charge is -2.30. The van der Waals surface area contributed by atoms with Gasteiger partial charge in [0.25, 0.3) is 0 Å². The summed E-state index contributed by atoms with van der Waals surface area (Å²) in [4.78, 5) is 24.1. The van der Waals surface area contributed by atoms with E-state index in [1.54, 1.807) is 0 Å². The highest BCUT2D eigenvalue weighted by Crippen LogP contribution is 2.12. The third-order valence-corrected chi connectivity index (χ3v) is 4.39. The van der Waals surface area contributed by atoms with Gasteiger partial charge in [0.2, 0.25) is 5.91 Å². The van der Waals surface area contributed by atoms with E-state index in [1.165, 1.54) is 5.56 Å². The largest absolute Gasteiger partial charge is 0.353 e. The van der Waals surface area contributed by atoms with Crippen LogP contribution in [0.2, 0.25) is 0 Å². The van der Waals surface area contributed by atoms with Gasteiger partial charge in [-0.1, -0.05) is 38.1 Å². The Labute approximate surface area is 132 Å². The van der Waals surface area contributed by atoms with Crippen molar-refractivity contribution in [2.45, 2.75) is 45.6 Å². The zero-order valence-electron chi connectivity index (χ0n) is 13.5. The fourth-order valence-corrected chi connectivity index (χ4v) is 2.81. The smallest absolute Gasteiger partial charge is 0.220 e. The van der Waals surface area contributed by atoms with Crippen LogP contribution in [0.4, 0.5) is 0 Å². The molecule has 0 aliphatic carbocycles. The van der Waals surface area contributed by atoms with E-state index in [0.29, 0.717) is 11.5 Å². The minimum absolute atomic E-state index is 0.0164. The Hall–Kier alpha value is -1.68. The summed E-state index contributed by atoms with van der Waals surface area (Å²) in [5.74, 6) is 0.462. The van der Waals surface area contributed by atoms with Crippen molar-refractivity contribution < 1.29 is 9.59 Å². The van der Waals surface area contributed by atoms with Crippen LogP contribution >= 0.6 is 0 Å². The molecule has 1 saturated heterocycles. The number of Topliss-reactive ketones (excluding diaryl/α,β-unsaturated/α-hetero) is 1. The molecule has 4 heteroatoms. The molecule has 120 valence electrons. The van der Waals surface area contributed by atoms with Crippen LogP contribution in [0.15, 0.2) is 24.3 Å². The van der Waals surface area contributed by atoms with Crippen LogP contribution in [-0.2, 0) is 11.2 Å². The van der Waals surface area contributed by atoms with E-state index in [9.17, 15) is 9.59 Å². The summed E-state index contributed by atoms with van der Waals surface area (Å²) in [6, 6.07) is 7.89. The molecular weight excluding hydrogens is 276 g/mol. The van der Waals surface area contributed by atoms with Crippen molar-refractivity contribution in [2.24, 2.45) is 5.92 Å². The predicted molar refractivity (Wildman–Crippen MR) is 88.0 cm³/mol. The van der Waals surface area contributed by atoms with Gasteiger partial charge in [-0.15, -0.1) is 0 Å². The molecule has 0 radical (unpaired) electrons. The lowest BCUT2D eigenvalue weighted by Crippen LogP contribution is -2.48. The second kappa shape index (κ2) is 8.08. The number of nitrogens with one attached hydrogen (secondary N) is 2. The van der Waals surface area contributed by atoms with Crippen LogP contribution in [0.5, 0.6) is 0 Å². The summed E-state index contributed by atoms with van der Waals surface area (Å²) in [5.41, 5.74) is 1.91. The van der Waals surface area contributed by atoms with Gasteiger partial charge >= 0.3 is 0 Å². The first-order chi connectivity index (χ1) is 10.6. The monoisotopic (exact) mass is 302 g/mol. The Balaban J connectivity index is 1.78. The highest BCUT2D eigenvalue weighted by molar-refractivity contribution is 5.98. The van der Waals surface area contributed by atoms with Crippen molar-refractivity contribution in [3.8, 4) is 0 Å². The third-order valence-electron chi connectivity index (χ3n) is 4.39. The number of carbonyl (C=O) groups is 2. The molecule has 1 aliphatic rings. The van der Waals surface area contributed by atoms with E-state index < -0.39 is 0 Å². The van der Waals surface area contributed by atoms with E-state index in [0.717, 1.165) is 25.9 Å². The van der Waals surface area contributed by atoms with Gasteiger partial charge < -0.3 is 10.6 Å². The SMILES string of the molecule is CCc1ccc(C(=O)CCC(=O)NC2CCNCC2C)cc1. The van der Waals surface area contributed by atoms with Gasteiger partial charge in [0.05, 0.1) is 0 Å². The van der Waals surface area contributed by atoms with Crippen molar-refractivity contribution in [1.29, 1.82) is 0 Å². The Morgan fingerprint density at radius 3 is 2.59 bits per heavy atom. The van der Waals surface area contributed by atoms with Gasteiger partial charge in [0.1, 0.15) is 0 Å². The van der Waals surface area contributed by atoms with Crippen LogP contribution in [0.25, 0.3) is 0 Å². The Morgan fingerprint density at radius 2 is 1.95 bits per heavy atom. The first-order valence-corrected chi connectivity index (χ1v) is 8.22. The number of hydrogen-bond donors (Lipinski definition) is 2. The molecule has 0 aromatic heterocycles. The minimum Gasteiger partial charge on any atom is -0.353 e. The molecule has 1 fully saturated rings. The molecule has 22 heavy (non-hydrogen) atoms. The number of carbonyl (C=O) groups excluding carboxylic acids is 2. The van der Waals surface area contributed by atoms with Gasteiger partial charge in [0.15, 0.2) is 5.78 Å². The second-order valence-electron chi connectivity index (χ2n) is 6.12. The van der Waals surface area contributed by atoms with Crippen LogP contribution in [0.3, 0.4) is 0 Å². The van der Waals surface area contributed by atoms with Gasteiger partial charge in [-0.05, 0) is 37.4 Å². The maximum absolute atomic E-state index is 12.1. The van der Waals surface area contributed by atoms with Gasteiger partial charge in [-0.3, -0.25) is 9.59 Å². The second-order valence-corrected chi connectivity index (χ2v) is 6.12. The van der Waals surface area contributed by atoms with Gasteiger partial charge in [-0.25, -0.2) is 0 Å². The van der Waals surface area contributed by atoms with Gasteiger partial charge in [-0.2, -0.15) is 0 Å². The van der Waals surface area contributed by atoms with E-state index >= 15 is 0 Å². The molecule has 2 unspecified atom stereocenters. The lowest BCUT2D eigenvalue weighted by atomic mass is 9.95. The number of aryl methyl sites for hydroxylation is 1. The number of piperidine rings is 1. The predicted octanol–water partition coefficient (Wildman–Crippen LogP) is 2.33. The molecule has 0 spiro atoms. The topological polar surface area (TPSA) is 58.2 Å². The van der Waals surface area contributed by atoms with Crippen LogP contribution in [0, 0.1) is 5.92 Å². The van der Waals surface area contributed by atoms with Crippen molar-refractivity contribution >= 4 is 11.7 Å². The summed E-state index contributed by atoms with van der Waals surface area (Å²) in [5, 5.41) is 6.38. The first kappa shape index (κ1) is 16.7. The Kier molecular flexibility index (Phi) is 6.13. The zero-order valence-corrected chi connectivity index (χ0v) is 13.5. The van der Waals surface area contributed by atoms with Crippen molar-refractivity contribution in [2.75, 3.05) is 13.1 Å². The Morgan fingerprint density at radius 1 is 1.23 bits per heavy atom. The van der Waals surface area contributed by atoms with Crippen LogP contribution < -0.4 is 10.6 Å². The molecule has 2 atom stereocenters. The van der Waals surface area contributed by atoms with E-state index in [-0.39, 0.29) is 30.6 Å². The van der Waals surface area contributed by atoms with E-state index in [2.05, 4.69) is 24.5 Å². The molecule has 2 N–H and O–H groups in total. The number of ketones is 1. The summed E-state index contributed by atoms with van der Waals surface area (Å²) in [7, 11) is 0. The minimum atomic E-state index is -0.0164.